The predicted octanol–water partition coefficient (Wildman–Crippen LogP) is 2.55. The Balaban J connectivity index is 2.27. The van der Waals surface area contributed by atoms with Gasteiger partial charge in [0.1, 0.15) is 11.5 Å². The highest BCUT2D eigenvalue weighted by Crippen LogP contribution is 2.34. The molecule has 1 aromatic carbocycles. The van der Waals surface area contributed by atoms with Crippen LogP contribution in [-0.4, -0.2) is 38.1 Å². The van der Waals surface area contributed by atoms with Crippen LogP contribution in [0.2, 0.25) is 0 Å². The maximum atomic E-state index is 12.7. The molecule has 116 valence electrons. The molecule has 1 saturated heterocycles. The summed E-state index contributed by atoms with van der Waals surface area (Å²) in [7, 11) is 3.09. The van der Waals surface area contributed by atoms with Crippen molar-refractivity contribution in [2.45, 2.75) is 26.7 Å². The molecule has 5 heteroatoms. The Morgan fingerprint density at radius 3 is 2.33 bits per heavy atom. The molecule has 0 saturated carbocycles. The third kappa shape index (κ3) is 3.23. The molecule has 1 aliphatic heterocycles. The van der Waals surface area contributed by atoms with Gasteiger partial charge >= 0.3 is 0 Å². The quantitative estimate of drug-likeness (QED) is 0.870. The standard InChI is InChI=1S/C16H24N2O3/c1-16(2)5-7-18(8-6-16)15(19)12-9-11(20-3)10-13(21-4)14(12)17/h9-10H,5-8,17H2,1-4H3. The second-order valence-corrected chi connectivity index (χ2v) is 6.25. The maximum Gasteiger partial charge on any atom is 0.256 e. The van der Waals surface area contributed by atoms with Crippen LogP contribution in [0.5, 0.6) is 11.5 Å². The molecule has 2 rings (SSSR count). The summed E-state index contributed by atoms with van der Waals surface area (Å²) in [6.45, 7) is 5.98. The van der Waals surface area contributed by atoms with Gasteiger partial charge in [-0.1, -0.05) is 13.8 Å². The van der Waals surface area contributed by atoms with Gasteiger partial charge in [0.15, 0.2) is 0 Å². The van der Waals surface area contributed by atoms with Crippen molar-refractivity contribution in [1.82, 2.24) is 4.90 Å². The molecule has 0 atom stereocenters. The molecule has 0 unspecified atom stereocenters. The van der Waals surface area contributed by atoms with Crippen LogP contribution in [0.25, 0.3) is 0 Å². The summed E-state index contributed by atoms with van der Waals surface area (Å²) in [5.41, 5.74) is 7.17. The second kappa shape index (κ2) is 5.84. The van der Waals surface area contributed by atoms with E-state index in [0.717, 1.165) is 25.9 Å². The minimum Gasteiger partial charge on any atom is -0.497 e. The van der Waals surface area contributed by atoms with Gasteiger partial charge < -0.3 is 20.1 Å². The molecule has 1 fully saturated rings. The molecule has 2 N–H and O–H groups in total. The van der Waals surface area contributed by atoms with E-state index in [4.69, 9.17) is 15.2 Å². The molecule has 0 aromatic heterocycles. The third-order valence-electron chi connectivity index (χ3n) is 4.21. The van der Waals surface area contributed by atoms with E-state index in [2.05, 4.69) is 13.8 Å². The molecular formula is C16H24N2O3. The van der Waals surface area contributed by atoms with Gasteiger partial charge in [-0.3, -0.25) is 4.79 Å². The molecule has 0 bridgehead atoms. The third-order valence-corrected chi connectivity index (χ3v) is 4.21. The lowest BCUT2D eigenvalue weighted by Crippen LogP contribution is -2.41. The second-order valence-electron chi connectivity index (χ2n) is 6.25. The van der Waals surface area contributed by atoms with E-state index in [-0.39, 0.29) is 5.91 Å². The number of nitrogens with zero attached hydrogens (tertiary/aromatic N) is 1. The number of methoxy groups -OCH3 is 2. The number of piperidine rings is 1. The number of carbonyl (C=O) groups excluding carboxylic acids is 1. The molecule has 0 spiro atoms. The van der Waals surface area contributed by atoms with Crippen molar-refractivity contribution in [3.05, 3.63) is 17.7 Å². The number of hydrogen-bond acceptors (Lipinski definition) is 4. The topological polar surface area (TPSA) is 64.8 Å². The first-order valence-corrected chi connectivity index (χ1v) is 7.19. The summed E-state index contributed by atoms with van der Waals surface area (Å²) in [5, 5.41) is 0. The minimum absolute atomic E-state index is 0.0554. The first kappa shape index (κ1) is 15.5. The number of likely N-dealkylation sites (tertiary alicyclic amines) is 1. The van der Waals surface area contributed by atoms with Gasteiger partial charge in [-0.15, -0.1) is 0 Å². The Bertz CT molecular complexity index is 531. The minimum atomic E-state index is -0.0554. The number of rotatable bonds is 3. The number of benzene rings is 1. The molecule has 1 aliphatic rings. The summed E-state index contributed by atoms with van der Waals surface area (Å²) in [6.07, 6.45) is 2.00. The Morgan fingerprint density at radius 2 is 1.81 bits per heavy atom. The molecule has 1 aromatic rings. The largest absolute Gasteiger partial charge is 0.497 e. The highest BCUT2D eigenvalue weighted by atomic mass is 16.5. The number of hydrogen-bond donors (Lipinski definition) is 1. The number of nitrogens with two attached hydrogens (primary N) is 1. The van der Waals surface area contributed by atoms with Crippen molar-refractivity contribution in [2.24, 2.45) is 5.41 Å². The average Bonchev–Trinajstić information content (AvgIpc) is 2.47. The monoisotopic (exact) mass is 292 g/mol. The van der Waals surface area contributed by atoms with Crippen LogP contribution in [0.4, 0.5) is 5.69 Å². The van der Waals surface area contributed by atoms with Crippen LogP contribution in [0.1, 0.15) is 37.0 Å². The molecular weight excluding hydrogens is 268 g/mol. The lowest BCUT2D eigenvalue weighted by molar-refractivity contribution is 0.0630. The maximum absolute atomic E-state index is 12.7. The van der Waals surface area contributed by atoms with Gasteiger partial charge in [-0.2, -0.15) is 0 Å². The van der Waals surface area contributed by atoms with Crippen molar-refractivity contribution in [1.29, 1.82) is 0 Å². The first-order valence-electron chi connectivity index (χ1n) is 7.19. The van der Waals surface area contributed by atoms with E-state index in [1.807, 2.05) is 4.90 Å². The van der Waals surface area contributed by atoms with Crippen molar-refractivity contribution in [2.75, 3.05) is 33.0 Å². The molecule has 0 aliphatic carbocycles. The predicted molar refractivity (Wildman–Crippen MR) is 82.9 cm³/mol. The molecule has 1 heterocycles. The van der Waals surface area contributed by atoms with E-state index in [9.17, 15) is 4.79 Å². The summed E-state index contributed by atoms with van der Waals surface area (Å²) < 4.78 is 10.4. The van der Waals surface area contributed by atoms with Crippen molar-refractivity contribution >= 4 is 11.6 Å². The van der Waals surface area contributed by atoms with Crippen molar-refractivity contribution < 1.29 is 14.3 Å². The van der Waals surface area contributed by atoms with Gasteiger partial charge in [0.05, 0.1) is 25.5 Å². The van der Waals surface area contributed by atoms with Crippen LogP contribution in [0.3, 0.4) is 0 Å². The number of amides is 1. The molecule has 21 heavy (non-hydrogen) atoms. The Hall–Kier alpha value is -1.91. The average molecular weight is 292 g/mol. The Labute approximate surface area is 126 Å². The fourth-order valence-electron chi connectivity index (χ4n) is 2.55. The van der Waals surface area contributed by atoms with E-state index >= 15 is 0 Å². The van der Waals surface area contributed by atoms with E-state index < -0.39 is 0 Å². The first-order chi connectivity index (χ1) is 9.88. The van der Waals surface area contributed by atoms with Crippen molar-refractivity contribution in [3.63, 3.8) is 0 Å². The van der Waals surface area contributed by atoms with Crippen molar-refractivity contribution in [3.8, 4) is 11.5 Å². The normalized spacial score (nSPS) is 17.4. The molecule has 5 nitrogen and oxygen atoms in total. The van der Waals surface area contributed by atoms with Crippen LogP contribution in [-0.2, 0) is 0 Å². The van der Waals surface area contributed by atoms with Crippen LogP contribution >= 0.6 is 0 Å². The number of nitrogen functional groups attached to an aromatic ring is 1. The number of anilines is 1. The van der Waals surface area contributed by atoms with E-state index in [1.165, 1.54) is 7.11 Å². The summed E-state index contributed by atoms with van der Waals surface area (Å²) in [5.74, 6) is 0.983. The number of ether oxygens (including phenoxy) is 2. The zero-order valence-corrected chi connectivity index (χ0v) is 13.2. The number of carbonyl (C=O) groups is 1. The fraction of sp³-hybridized carbons (Fsp3) is 0.562. The lowest BCUT2D eigenvalue weighted by atomic mass is 9.82. The van der Waals surface area contributed by atoms with Gasteiger partial charge in [0, 0.05) is 19.2 Å². The lowest BCUT2D eigenvalue weighted by Gasteiger charge is -2.37. The fourth-order valence-corrected chi connectivity index (χ4v) is 2.55. The summed E-state index contributed by atoms with van der Waals surface area (Å²) >= 11 is 0. The Kier molecular flexibility index (Phi) is 4.30. The zero-order valence-electron chi connectivity index (χ0n) is 13.2. The van der Waals surface area contributed by atoms with E-state index in [0.29, 0.717) is 28.2 Å². The van der Waals surface area contributed by atoms with Crippen LogP contribution < -0.4 is 15.2 Å². The van der Waals surface area contributed by atoms with Gasteiger partial charge in [0.25, 0.3) is 5.91 Å². The summed E-state index contributed by atoms with van der Waals surface area (Å²) in [6, 6.07) is 3.37. The molecule has 1 amide bonds. The zero-order chi connectivity index (χ0) is 15.6. The van der Waals surface area contributed by atoms with Gasteiger partial charge in [0.2, 0.25) is 0 Å². The smallest absolute Gasteiger partial charge is 0.256 e. The van der Waals surface area contributed by atoms with Crippen LogP contribution in [0.15, 0.2) is 12.1 Å². The van der Waals surface area contributed by atoms with Gasteiger partial charge in [-0.25, -0.2) is 0 Å². The van der Waals surface area contributed by atoms with E-state index in [1.54, 1.807) is 19.2 Å². The molecule has 0 radical (unpaired) electrons. The Morgan fingerprint density at radius 1 is 1.19 bits per heavy atom. The van der Waals surface area contributed by atoms with Crippen LogP contribution in [0, 0.1) is 5.41 Å². The van der Waals surface area contributed by atoms with Gasteiger partial charge in [-0.05, 0) is 24.3 Å². The SMILES string of the molecule is COc1cc(OC)c(N)c(C(=O)N2CCC(C)(C)CC2)c1. The highest BCUT2D eigenvalue weighted by Gasteiger charge is 2.29. The summed E-state index contributed by atoms with van der Waals surface area (Å²) in [4.78, 5) is 14.6. The highest BCUT2D eigenvalue weighted by molar-refractivity contribution is 6.01.